The number of pyridine rings is 1. The van der Waals surface area contributed by atoms with Gasteiger partial charge in [-0.3, -0.25) is 0 Å². The minimum Gasteiger partial charge on any atom is -0.465 e. The highest BCUT2D eigenvalue weighted by Gasteiger charge is 2.24. The molecule has 2 N–H and O–H groups in total. The zero-order valence-electron chi connectivity index (χ0n) is 8.20. The number of ether oxygens (including phenoxy) is 1. The largest absolute Gasteiger partial charge is 0.465 e. The summed E-state index contributed by atoms with van der Waals surface area (Å²) < 4.78 is 29.5. The van der Waals surface area contributed by atoms with E-state index in [1.165, 1.54) is 0 Å². The van der Waals surface area contributed by atoms with E-state index < -0.39 is 29.3 Å². The van der Waals surface area contributed by atoms with Gasteiger partial charge in [0.15, 0.2) is 0 Å². The second kappa shape index (κ2) is 4.53. The number of nitrogens with two attached hydrogens (primary N) is 1. The monoisotopic (exact) mass is 227 g/mol. The van der Waals surface area contributed by atoms with Crippen molar-refractivity contribution >= 4 is 11.8 Å². The Balaban J connectivity index is 3.48. The number of halogens is 2. The van der Waals surface area contributed by atoms with E-state index in [4.69, 9.17) is 11.0 Å². The maximum absolute atomic E-state index is 12.6. The van der Waals surface area contributed by atoms with Gasteiger partial charge in [-0.25, -0.2) is 18.6 Å². The standard InChI is InChI=1S/C9H7F2N3O2/c1-16-9(15)5-2-4(3-12)14-8(13)6(5)7(10)11/h2,7H,1H3,(H2,13,14). The highest BCUT2D eigenvalue weighted by Crippen LogP contribution is 2.28. The molecule has 7 heteroatoms. The molecule has 16 heavy (non-hydrogen) atoms. The molecule has 1 aromatic heterocycles. The number of esters is 1. The SMILES string of the molecule is COC(=O)c1cc(C#N)nc(N)c1C(F)F. The van der Waals surface area contributed by atoms with Crippen LogP contribution in [0.3, 0.4) is 0 Å². The van der Waals surface area contributed by atoms with Crippen molar-refractivity contribution in [3.63, 3.8) is 0 Å². The van der Waals surface area contributed by atoms with Crippen LogP contribution in [0, 0.1) is 11.3 Å². The first-order valence-corrected chi connectivity index (χ1v) is 4.08. The molecule has 0 aliphatic heterocycles. The quantitative estimate of drug-likeness (QED) is 0.768. The Morgan fingerprint density at radius 2 is 2.31 bits per heavy atom. The van der Waals surface area contributed by atoms with Crippen molar-refractivity contribution < 1.29 is 18.3 Å². The number of nitrogen functional groups attached to an aromatic ring is 1. The number of carbonyl (C=O) groups excluding carboxylic acids is 1. The number of anilines is 1. The van der Waals surface area contributed by atoms with E-state index in [0.29, 0.717) is 0 Å². The summed E-state index contributed by atoms with van der Waals surface area (Å²) in [5.41, 5.74) is 3.86. The predicted octanol–water partition coefficient (Wildman–Crippen LogP) is 1.26. The molecule has 0 aliphatic carbocycles. The topological polar surface area (TPSA) is 89.0 Å². The number of alkyl halides is 2. The van der Waals surface area contributed by atoms with Crippen LogP contribution in [0.15, 0.2) is 6.07 Å². The number of aromatic nitrogens is 1. The molecule has 1 heterocycles. The fourth-order valence-electron chi connectivity index (χ4n) is 1.14. The summed E-state index contributed by atoms with van der Waals surface area (Å²) in [7, 11) is 1.04. The van der Waals surface area contributed by atoms with E-state index in [9.17, 15) is 13.6 Å². The summed E-state index contributed by atoms with van der Waals surface area (Å²) in [6, 6.07) is 2.53. The Morgan fingerprint density at radius 3 is 2.75 bits per heavy atom. The van der Waals surface area contributed by atoms with Crippen molar-refractivity contribution in [1.29, 1.82) is 5.26 Å². The normalized spacial score (nSPS) is 9.94. The van der Waals surface area contributed by atoms with E-state index >= 15 is 0 Å². The molecule has 0 amide bonds. The molecular weight excluding hydrogens is 220 g/mol. The number of carbonyl (C=O) groups is 1. The molecule has 0 fully saturated rings. The van der Waals surface area contributed by atoms with Crippen LogP contribution in [0.25, 0.3) is 0 Å². The van der Waals surface area contributed by atoms with E-state index in [1.807, 2.05) is 0 Å². The molecule has 1 aromatic rings. The van der Waals surface area contributed by atoms with Gasteiger partial charge in [-0.05, 0) is 6.07 Å². The molecular formula is C9H7F2N3O2. The summed E-state index contributed by atoms with van der Waals surface area (Å²) in [4.78, 5) is 14.6. The lowest BCUT2D eigenvalue weighted by Crippen LogP contribution is -2.11. The zero-order chi connectivity index (χ0) is 12.3. The first-order chi connectivity index (χ1) is 7.51. The number of nitrogens with zero attached hydrogens (tertiary/aromatic N) is 2. The highest BCUT2D eigenvalue weighted by atomic mass is 19.3. The van der Waals surface area contributed by atoms with Crippen molar-refractivity contribution in [3.05, 3.63) is 22.9 Å². The molecule has 5 nitrogen and oxygen atoms in total. The molecule has 0 atom stereocenters. The molecule has 0 saturated carbocycles. The van der Waals surface area contributed by atoms with Crippen LogP contribution in [-0.4, -0.2) is 18.1 Å². The Kier molecular flexibility index (Phi) is 3.35. The van der Waals surface area contributed by atoms with Crippen LogP contribution in [0.2, 0.25) is 0 Å². The number of hydrogen-bond donors (Lipinski definition) is 1. The van der Waals surface area contributed by atoms with Gasteiger partial charge in [0.25, 0.3) is 6.43 Å². The van der Waals surface area contributed by atoms with Gasteiger partial charge < -0.3 is 10.5 Å². The van der Waals surface area contributed by atoms with Crippen LogP contribution in [0.5, 0.6) is 0 Å². The second-order valence-corrected chi connectivity index (χ2v) is 2.76. The summed E-state index contributed by atoms with van der Waals surface area (Å²) in [6.07, 6.45) is -2.96. The lowest BCUT2D eigenvalue weighted by molar-refractivity contribution is 0.0589. The summed E-state index contributed by atoms with van der Waals surface area (Å²) in [6.45, 7) is 0. The third-order valence-electron chi connectivity index (χ3n) is 1.83. The molecule has 0 bridgehead atoms. The Morgan fingerprint density at radius 1 is 1.69 bits per heavy atom. The van der Waals surface area contributed by atoms with E-state index in [1.54, 1.807) is 6.07 Å². The summed E-state index contributed by atoms with van der Waals surface area (Å²) in [5, 5.41) is 8.56. The van der Waals surface area contributed by atoms with Crippen LogP contribution >= 0.6 is 0 Å². The Hall–Kier alpha value is -2.23. The number of nitriles is 1. The van der Waals surface area contributed by atoms with E-state index in [0.717, 1.165) is 13.2 Å². The van der Waals surface area contributed by atoms with E-state index in [2.05, 4.69) is 9.72 Å². The van der Waals surface area contributed by atoms with Crippen molar-refractivity contribution in [2.45, 2.75) is 6.43 Å². The van der Waals surface area contributed by atoms with Crippen molar-refractivity contribution in [2.24, 2.45) is 0 Å². The minimum atomic E-state index is -2.96. The molecule has 84 valence electrons. The zero-order valence-corrected chi connectivity index (χ0v) is 8.20. The third-order valence-corrected chi connectivity index (χ3v) is 1.83. The summed E-state index contributed by atoms with van der Waals surface area (Å²) >= 11 is 0. The molecule has 0 aliphatic rings. The lowest BCUT2D eigenvalue weighted by atomic mass is 10.1. The molecule has 0 aromatic carbocycles. The van der Waals surface area contributed by atoms with Crippen LogP contribution in [0.1, 0.15) is 28.0 Å². The van der Waals surface area contributed by atoms with E-state index in [-0.39, 0.29) is 5.69 Å². The predicted molar refractivity (Wildman–Crippen MR) is 49.7 cm³/mol. The molecule has 0 radical (unpaired) electrons. The maximum Gasteiger partial charge on any atom is 0.338 e. The lowest BCUT2D eigenvalue weighted by Gasteiger charge is -2.09. The smallest absolute Gasteiger partial charge is 0.338 e. The average Bonchev–Trinajstić information content (AvgIpc) is 2.26. The maximum atomic E-state index is 12.6. The fraction of sp³-hybridized carbons (Fsp3) is 0.222. The first kappa shape index (κ1) is 11.8. The first-order valence-electron chi connectivity index (χ1n) is 4.08. The fourth-order valence-corrected chi connectivity index (χ4v) is 1.14. The molecule has 0 saturated heterocycles. The highest BCUT2D eigenvalue weighted by molar-refractivity contribution is 5.92. The summed E-state index contributed by atoms with van der Waals surface area (Å²) in [5.74, 6) is -1.53. The number of methoxy groups -OCH3 is 1. The van der Waals surface area contributed by atoms with Gasteiger partial charge >= 0.3 is 5.97 Å². The Bertz CT molecular complexity index is 469. The van der Waals surface area contributed by atoms with Crippen LogP contribution < -0.4 is 5.73 Å². The van der Waals surface area contributed by atoms with Crippen molar-refractivity contribution in [1.82, 2.24) is 4.98 Å². The van der Waals surface area contributed by atoms with Gasteiger partial charge in [-0.2, -0.15) is 5.26 Å². The average molecular weight is 227 g/mol. The minimum absolute atomic E-state index is 0.220. The van der Waals surface area contributed by atoms with Gasteiger partial charge in [-0.15, -0.1) is 0 Å². The van der Waals surface area contributed by atoms with Crippen LogP contribution in [-0.2, 0) is 4.74 Å². The second-order valence-electron chi connectivity index (χ2n) is 2.76. The van der Waals surface area contributed by atoms with Gasteiger partial charge in [0.05, 0.1) is 18.2 Å². The number of hydrogen-bond acceptors (Lipinski definition) is 5. The van der Waals surface area contributed by atoms with Gasteiger partial charge in [0, 0.05) is 0 Å². The Labute approximate surface area is 89.4 Å². The van der Waals surface area contributed by atoms with Crippen molar-refractivity contribution in [3.8, 4) is 6.07 Å². The molecule has 0 spiro atoms. The van der Waals surface area contributed by atoms with Gasteiger partial charge in [0.1, 0.15) is 17.6 Å². The van der Waals surface area contributed by atoms with Crippen LogP contribution in [0.4, 0.5) is 14.6 Å². The van der Waals surface area contributed by atoms with Gasteiger partial charge in [0.2, 0.25) is 0 Å². The van der Waals surface area contributed by atoms with Gasteiger partial charge in [-0.1, -0.05) is 0 Å². The number of rotatable bonds is 2. The molecule has 0 unspecified atom stereocenters. The molecule has 1 rings (SSSR count). The third kappa shape index (κ3) is 2.06. The van der Waals surface area contributed by atoms with Crippen molar-refractivity contribution in [2.75, 3.05) is 12.8 Å².